The van der Waals surface area contributed by atoms with Crippen molar-refractivity contribution in [2.24, 2.45) is 0 Å². The van der Waals surface area contributed by atoms with E-state index < -0.39 is 36.1 Å². The summed E-state index contributed by atoms with van der Waals surface area (Å²) in [4.78, 5) is 2.53. The number of benzene rings is 3. The molecule has 1 aliphatic carbocycles. The first-order chi connectivity index (χ1) is 20.8. The van der Waals surface area contributed by atoms with Crippen LogP contribution in [0.5, 0.6) is 0 Å². The molecule has 10 heteroatoms. The minimum atomic E-state index is -4.94. The van der Waals surface area contributed by atoms with E-state index in [1.165, 1.54) is 17.7 Å². The summed E-state index contributed by atoms with van der Waals surface area (Å²) in [5.41, 5.74) is -1.11. The number of halogens is 7. The number of likely N-dealkylation sites (tertiary alicyclic amines) is 1. The van der Waals surface area contributed by atoms with Gasteiger partial charge in [-0.05, 0) is 105 Å². The molecule has 1 atom stereocenters. The van der Waals surface area contributed by atoms with Crippen molar-refractivity contribution < 1.29 is 35.8 Å². The van der Waals surface area contributed by atoms with Crippen LogP contribution in [0.25, 0.3) is 0 Å². The van der Waals surface area contributed by atoms with Crippen LogP contribution in [0.3, 0.4) is 0 Å². The Kier molecular flexibility index (Phi) is 9.72. The molecule has 238 valence electrons. The summed E-state index contributed by atoms with van der Waals surface area (Å²) in [5, 5.41) is 13.8. The maximum atomic E-state index is 13.3. The lowest BCUT2D eigenvalue weighted by molar-refractivity contribution is -0.143. The summed E-state index contributed by atoms with van der Waals surface area (Å²) in [6.07, 6.45) is -6.11. The van der Waals surface area contributed by atoms with Crippen LogP contribution in [0, 0.1) is 5.82 Å². The Balaban J connectivity index is 1.22. The molecular weight excluding hydrogens is 585 g/mol. The van der Waals surface area contributed by atoms with Crippen LogP contribution in [0.1, 0.15) is 72.3 Å². The molecule has 44 heavy (non-hydrogen) atoms. The maximum Gasteiger partial charge on any atom is 0.416 e. The van der Waals surface area contributed by atoms with Crippen LogP contribution in [-0.4, -0.2) is 41.9 Å². The molecule has 1 saturated heterocycles. The third kappa shape index (κ3) is 7.82. The van der Waals surface area contributed by atoms with Crippen molar-refractivity contribution in [3.63, 3.8) is 0 Å². The molecule has 1 unspecified atom stereocenters. The molecule has 5 rings (SSSR count). The predicted octanol–water partition coefficient (Wildman–Crippen LogP) is 8.07. The Morgan fingerprint density at radius 3 is 1.91 bits per heavy atom. The summed E-state index contributed by atoms with van der Waals surface area (Å²) in [6, 6.07) is 18.5. The molecule has 2 fully saturated rings. The van der Waals surface area contributed by atoms with Crippen molar-refractivity contribution in [2.45, 2.75) is 80.9 Å². The fourth-order valence-corrected chi connectivity index (χ4v) is 6.96. The molecule has 2 aliphatic rings. The molecule has 1 aliphatic heterocycles. The summed E-state index contributed by atoms with van der Waals surface area (Å²) in [7, 11) is 0. The van der Waals surface area contributed by atoms with E-state index >= 15 is 0 Å². The number of aliphatic hydroxyl groups excluding tert-OH is 1. The first-order valence-corrected chi connectivity index (χ1v) is 15.1. The average molecular weight is 623 g/mol. The topological polar surface area (TPSA) is 35.5 Å². The van der Waals surface area contributed by atoms with Crippen molar-refractivity contribution in [1.29, 1.82) is 0 Å². The van der Waals surface area contributed by atoms with Gasteiger partial charge in [0.05, 0.1) is 11.1 Å². The minimum absolute atomic E-state index is 0.0947. The zero-order chi connectivity index (χ0) is 31.5. The Hall–Kier alpha value is -2.95. The number of alkyl halides is 6. The monoisotopic (exact) mass is 622 g/mol. The molecule has 2 N–H and O–H groups in total. The van der Waals surface area contributed by atoms with E-state index in [2.05, 4.69) is 10.2 Å². The van der Waals surface area contributed by atoms with Gasteiger partial charge in [0.1, 0.15) is 12.0 Å². The number of nitrogens with zero attached hydrogens (tertiary/aromatic N) is 1. The summed E-state index contributed by atoms with van der Waals surface area (Å²) < 4.78 is 93.3. The molecule has 3 aromatic rings. The van der Waals surface area contributed by atoms with E-state index in [-0.39, 0.29) is 22.9 Å². The normalized spacial score (nSPS) is 23.0. The number of hydrogen-bond donors (Lipinski definition) is 2. The first-order valence-electron chi connectivity index (χ1n) is 15.1. The molecule has 0 spiro atoms. The Labute approximate surface area is 253 Å². The quantitative estimate of drug-likeness (QED) is 0.197. The van der Waals surface area contributed by atoms with Gasteiger partial charge in [0, 0.05) is 24.4 Å². The standard InChI is InChI=1S/C34H37F7N2O/c35-29-8-6-24(7-9-29)25-12-16-43(17-13-25)30-10-14-32(15-11-30,26-4-2-1-3-5-26)22-42-31(44)20-23-18-27(33(36,37)38)21-28(19-23)34(39,40)41/h1-9,18-19,21,25,30-31,42,44H,10-17,20,22H2. The van der Waals surface area contributed by atoms with Crippen molar-refractivity contribution in [3.8, 4) is 0 Å². The van der Waals surface area contributed by atoms with Crippen LogP contribution in [-0.2, 0) is 24.2 Å². The fourth-order valence-electron chi connectivity index (χ4n) is 6.96. The molecule has 3 aromatic carbocycles. The number of hydrogen-bond acceptors (Lipinski definition) is 3. The van der Waals surface area contributed by atoms with Crippen LogP contribution in [0.2, 0.25) is 0 Å². The largest absolute Gasteiger partial charge is 0.416 e. The zero-order valence-electron chi connectivity index (χ0n) is 24.3. The van der Waals surface area contributed by atoms with Crippen molar-refractivity contribution in [3.05, 3.63) is 106 Å². The minimum Gasteiger partial charge on any atom is -0.378 e. The maximum absolute atomic E-state index is 13.3. The number of aliphatic hydroxyl groups is 1. The van der Waals surface area contributed by atoms with E-state index in [1.54, 1.807) is 0 Å². The lowest BCUT2D eigenvalue weighted by Crippen LogP contribution is -2.49. The van der Waals surface area contributed by atoms with Crippen LogP contribution in [0.4, 0.5) is 30.7 Å². The smallest absolute Gasteiger partial charge is 0.378 e. The lowest BCUT2D eigenvalue weighted by atomic mass is 9.67. The Morgan fingerprint density at radius 2 is 1.36 bits per heavy atom. The Morgan fingerprint density at radius 1 is 0.795 bits per heavy atom. The summed E-state index contributed by atoms with van der Waals surface area (Å²) in [5.74, 6) is 0.178. The van der Waals surface area contributed by atoms with Crippen LogP contribution in [0.15, 0.2) is 72.8 Å². The van der Waals surface area contributed by atoms with Gasteiger partial charge in [0.25, 0.3) is 0 Å². The van der Waals surface area contributed by atoms with Gasteiger partial charge >= 0.3 is 12.4 Å². The number of nitrogens with one attached hydrogen (secondary N) is 1. The second-order valence-electron chi connectivity index (χ2n) is 12.3. The molecule has 0 aromatic heterocycles. The van der Waals surface area contributed by atoms with Crippen molar-refractivity contribution in [2.75, 3.05) is 19.6 Å². The molecule has 1 heterocycles. The zero-order valence-corrected chi connectivity index (χ0v) is 24.3. The summed E-state index contributed by atoms with van der Waals surface area (Å²) in [6.45, 7) is 2.25. The third-order valence-electron chi connectivity index (χ3n) is 9.44. The Bertz CT molecular complexity index is 1330. The van der Waals surface area contributed by atoms with Crippen LogP contribution >= 0.6 is 0 Å². The van der Waals surface area contributed by atoms with Gasteiger partial charge in [-0.15, -0.1) is 0 Å². The van der Waals surface area contributed by atoms with Crippen molar-refractivity contribution >= 4 is 0 Å². The van der Waals surface area contributed by atoms with Crippen LogP contribution < -0.4 is 5.32 Å². The van der Waals surface area contributed by atoms with Gasteiger partial charge in [-0.2, -0.15) is 26.3 Å². The first kappa shape index (κ1) is 32.4. The highest BCUT2D eigenvalue weighted by Gasteiger charge is 2.40. The molecule has 0 amide bonds. The van der Waals surface area contributed by atoms with E-state index in [4.69, 9.17) is 0 Å². The summed E-state index contributed by atoms with van der Waals surface area (Å²) >= 11 is 0. The molecular formula is C34H37F7N2O. The predicted molar refractivity (Wildman–Crippen MR) is 154 cm³/mol. The van der Waals surface area contributed by atoms with E-state index in [1.807, 2.05) is 42.5 Å². The SMILES string of the molecule is OC(Cc1cc(C(F)(F)F)cc(C(F)(F)F)c1)NCC1(c2ccccc2)CCC(N2CCC(c3ccc(F)cc3)CC2)CC1. The fraction of sp³-hybridized carbons (Fsp3) is 0.471. The molecule has 3 nitrogen and oxygen atoms in total. The number of piperidine rings is 1. The second kappa shape index (κ2) is 13.2. The van der Waals surface area contributed by atoms with E-state index in [9.17, 15) is 35.8 Å². The van der Waals surface area contributed by atoms with Gasteiger partial charge in [-0.1, -0.05) is 42.5 Å². The third-order valence-corrected chi connectivity index (χ3v) is 9.44. The van der Waals surface area contributed by atoms with Gasteiger partial charge in [-0.25, -0.2) is 4.39 Å². The molecule has 0 bridgehead atoms. The van der Waals surface area contributed by atoms with Gasteiger partial charge in [0.2, 0.25) is 0 Å². The highest BCUT2D eigenvalue weighted by Crippen LogP contribution is 2.42. The lowest BCUT2D eigenvalue weighted by Gasteiger charge is -2.46. The highest BCUT2D eigenvalue weighted by molar-refractivity contribution is 5.34. The molecule has 0 radical (unpaired) electrons. The number of rotatable bonds is 8. The molecule has 1 saturated carbocycles. The van der Waals surface area contributed by atoms with E-state index in [0.29, 0.717) is 30.6 Å². The second-order valence-corrected chi connectivity index (χ2v) is 12.3. The highest BCUT2D eigenvalue weighted by atomic mass is 19.4. The average Bonchev–Trinajstić information content (AvgIpc) is 3.00. The van der Waals surface area contributed by atoms with Gasteiger partial charge in [-0.3, -0.25) is 5.32 Å². The van der Waals surface area contributed by atoms with Gasteiger partial charge < -0.3 is 10.0 Å². The van der Waals surface area contributed by atoms with E-state index in [0.717, 1.165) is 57.2 Å². The van der Waals surface area contributed by atoms with Gasteiger partial charge in [0.15, 0.2) is 0 Å². The van der Waals surface area contributed by atoms with Crippen molar-refractivity contribution in [1.82, 2.24) is 10.2 Å².